The summed E-state index contributed by atoms with van der Waals surface area (Å²) >= 11 is 0. The second-order valence-corrected chi connectivity index (χ2v) is 4.89. The van der Waals surface area contributed by atoms with Crippen LogP contribution in [0.1, 0.15) is 39.0 Å². The molecule has 2 nitrogen and oxygen atoms in total. The van der Waals surface area contributed by atoms with Crippen molar-refractivity contribution in [2.75, 3.05) is 26.2 Å². The molecule has 2 rings (SSSR count). The van der Waals surface area contributed by atoms with Crippen molar-refractivity contribution < 1.29 is 0 Å². The van der Waals surface area contributed by atoms with Gasteiger partial charge in [0.25, 0.3) is 0 Å². The monoisotopic (exact) mass is 182 g/mol. The molecule has 0 amide bonds. The molecule has 0 aromatic heterocycles. The van der Waals surface area contributed by atoms with E-state index in [1.54, 1.807) is 0 Å². The molecule has 1 unspecified atom stereocenters. The Hall–Kier alpha value is -0.0800. The first-order valence-electron chi connectivity index (χ1n) is 5.76. The van der Waals surface area contributed by atoms with Crippen LogP contribution in [0.25, 0.3) is 0 Å². The Labute approximate surface area is 81.7 Å². The highest BCUT2D eigenvalue weighted by Gasteiger charge is 2.28. The van der Waals surface area contributed by atoms with Gasteiger partial charge in [0.05, 0.1) is 0 Å². The molecule has 0 aliphatic carbocycles. The zero-order valence-electron chi connectivity index (χ0n) is 8.81. The molecule has 0 radical (unpaired) electrons. The van der Waals surface area contributed by atoms with Crippen LogP contribution in [-0.2, 0) is 0 Å². The average molecular weight is 182 g/mol. The van der Waals surface area contributed by atoms with E-state index in [2.05, 4.69) is 17.1 Å². The maximum atomic E-state index is 3.63. The summed E-state index contributed by atoms with van der Waals surface area (Å²) in [5.41, 5.74) is 0.461. The van der Waals surface area contributed by atoms with Crippen molar-refractivity contribution in [1.82, 2.24) is 10.2 Å². The van der Waals surface area contributed by atoms with Crippen LogP contribution >= 0.6 is 0 Å². The first-order chi connectivity index (χ1) is 6.29. The quantitative estimate of drug-likeness (QED) is 0.713. The van der Waals surface area contributed by atoms with Gasteiger partial charge in [-0.25, -0.2) is 0 Å². The van der Waals surface area contributed by atoms with Crippen molar-refractivity contribution in [2.24, 2.45) is 0 Å². The molecule has 2 aliphatic rings. The Morgan fingerprint density at radius 1 is 1.23 bits per heavy atom. The van der Waals surface area contributed by atoms with Crippen LogP contribution < -0.4 is 5.32 Å². The normalized spacial score (nSPS) is 35.8. The summed E-state index contributed by atoms with van der Waals surface area (Å²) < 4.78 is 0. The van der Waals surface area contributed by atoms with E-state index in [-0.39, 0.29) is 0 Å². The molecule has 0 bridgehead atoms. The lowest BCUT2D eigenvalue weighted by molar-refractivity contribution is 0.274. The highest BCUT2D eigenvalue weighted by atomic mass is 15.1. The molecule has 2 heterocycles. The van der Waals surface area contributed by atoms with Gasteiger partial charge in [0, 0.05) is 5.54 Å². The molecular weight excluding hydrogens is 160 g/mol. The lowest BCUT2D eigenvalue weighted by atomic mass is 9.96. The Morgan fingerprint density at radius 3 is 2.62 bits per heavy atom. The maximum Gasteiger partial charge on any atom is 0.0166 e. The van der Waals surface area contributed by atoms with Crippen molar-refractivity contribution in [3.8, 4) is 0 Å². The molecular formula is C11H22N2. The van der Waals surface area contributed by atoms with Crippen molar-refractivity contribution in [2.45, 2.75) is 44.6 Å². The fraction of sp³-hybridized carbons (Fsp3) is 1.00. The number of rotatable bonds is 3. The van der Waals surface area contributed by atoms with Crippen LogP contribution in [0, 0.1) is 0 Å². The van der Waals surface area contributed by atoms with Crippen LogP contribution in [0.3, 0.4) is 0 Å². The van der Waals surface area contributed by atoms with E-state index in [9.17, 15) is 0 Å². The third-order valence-electron chi connectivity index (χ3n) is 3.64. The minimum Gasteiger partial charge on any atom is -0.311 e. The average Bonchev–Trinajstić information content (AvgIpc) is 2.72. The lowest BCUT2D eigenvalue weighted by Gasteiger charge is -2.27. The Kier molecular flexibility index (Phi) is 2.89. The largest absolute Gasteiger partial charge is 0.311 e. The summed E-state index contributed by atoms with van der Waals surface area (Å²) in [5.74, 6) is 0. The van der Waals surface area contributed by atoms with Gasteiger partial charge in [0.15, 0.2) is 0 Å². The molecule has 0 saturated carbocycles. The number of likely N-dealkylation sites (tertiary alicyclic amines) is 1. The predicted molar refractivity (Wildman–Crippen MR) is 55.9 cm³/mol. The fourth-order valence-electron chi connectivity index (χ4n) is 2.58. The highest BCUT2D eigenvalue weighted by molar-refractivity contribution is 4.89. The van der Waals surface area contributed by atoms with Crippen molar-refractivity contribution in [1.29, 1.82) is 0 Å². The molecule has 1 N–H and O–H groups in total. The van der Waals surface area contributed by atoms with Crippen molar-refractivity contribution in [3.05, 3.63) is 0 Å². The molecule has 2 aliphatic heterocycles. The minimum absolute atomic E-state index is 0.461. The first kappa shape index (κ1) is 9.47. The Morgan fingerprint density at radius 2 is 2.00 bits per heavy atom. The second-order valence-electron chi connectivity index (χ2n) is 4.89. The van der Waals surface area contributed by atoms with Crippen LogP contribution in [-0.4, -0.2) is 36.6 Å². The van der Waals surface area contributed by atoms with E-state index in [0.717, 1.165) is 0 Å². The topological polar surface area (TPSA) is 15.3 Å². The van der Waals surface area contributed by atoms with Crippen LogP contribution in [0.2, 0.25) is 0 Å². The van der Waals surface area contributed by atoms with Gasteiger partial charge in [-0.15, -0.1) is 0 Å². The maximum absolute atomic E-state index is 3.63. The van der Waals surface area contributed by atoms with Crippen molar-refractivity contribution >= 4 is 0 Å². The van der Waals surface area contributed by atoms with E-state index >= 15 is 0 Å². The molecule has 2 saturated heterocycles. The third kappa shape index (κ3) is 2.44. The van der Waals surface area contributed by atoms with Gasteiger partial charge in [0.1, 0.15) is 0 Å². The first-order valence-corrected chi connectivity index (χ1v) is 5.76. The summed E-state index contributed by atoms with van der Waals surface area (Å²) in [5, 5.41) is 3.63. The highest BCUT2D eigenvalue weighted by Crippen LogP contribution is 2.23. The van der Waals surface area contributed by atoms with Gasteiger partial charge in [-0.05, 0) is 65.2 Å². The summed E-state index contributed by atoms with van der Waals surface area (Å²) in [7, 11) is 0. The van der Waals surface area contributed by atoms with Gasteiger partial charge in [-0.1, -0.05) is 0 Å². The fourth-order valence-corrected chi connectivity index (χ4v) is 2.58. The van der Waals surface area contributed by atoms with Crippen LogP contribution in [0.4, 0.5) is 0 Å². The van der Waals surface area contributed by atoms with Gasteiger partial charge in [-0.2, -0.15) is 0 Å². The molecule has 0 spiro atoms. The van der Waals surface area contributed by atoms with E-state index in [1.165, 1.54) is 58.3 Å². The smallest absolute Gasteiger partial charge is 0.0166 e. The summed E-state index contributed by atoms with van der Waals surface area (Å²) in [4.78, 5) is 2.62. The standard InChI is InChI=1S/C11H22N2/c1-11(5-4-7-12-11)6-10-13-8-2-3-9-13/h12H,2-10H2,1H3. The summed E-state index contributed by atoms with van der Waals surface area (Å²) in [6.45, 7) is 7.61. The molecule has 0 aromatic carbocycles. The SMILES string of the molecule is CC1(CCN2CCCC2)CCCN1. The van der Waals surface area contributed by atoms with Gasteiger partial charge < -0.3 is 10.2 Å². The van der Waals surface area contributed by atoms with Crippen LogP contribution in [0.15, 0.2) is 0 Å². The predicted octanol–water partition coefficient (Wildman–Crippen LogP) is 1.61. The van der Waals surface area contributed by atoms with E-state index in [4.69, 9.17) is 0 Å². The van der Waals surface area contributed by atoms with E-state index in [1.807, 2.05) is 0 Å². The molecule has 2 heteroatoms. The van der Waals surface area contributed by atoms with Crippen LogP contribution in [0.5, 0.6) is 0 Å². The summed E-state index contributed by atoms with van der Waals surface area (Å²) in [6.07, 6.45) is 6.93. The van der Waals surface area contributed by atoms with E-state index in [0.29, 0.717) is 5.54 Å². The third-order valence-corrected chi connectivity index (χ3v) is 3.64. The lowest BCUT2D eigenvalue weighted by Crippen LogP contribution is -2.39. The zero-order valence-corrected chi connectivity index (χ0v) is 8.81. The van der Waals surface area contributed by atoms with E-state index < -0.39 is 0 Å². The molecule has 2 fully saturated rings. The Balaban J connectivity index is 1.71. The van der Waals surface area contributed by atoms with Gasteiger partial charge >= 0.3 is 0 Å². The zero-order chi connectivity index (χ0) is 9.15. The molecule has 76 valence electrons. The summed E-state index contributed by atoms with van der Waals surface area (Å²) in [6, 6.07) is 0. The van der Waals surface area contributed by atoms with Crippen molar-refractivity contribution in [3.63, 3.8) is 0 Å². The number of hydrogen-bond donors (Lipinski definition) is 1. The second kappa shape index (κ2) is 3.97. The van der Waals surface area contributed by atoms with Gasteiger partial charge in [-0.3, -0.25) is 0 Å². The number of nitrogens with one attached hydrogen (secondary N) is 1. The number of hydrogen-bond acceptors (Lipinski definition) is 2. The number of nitrogens with zero attached hydrogens (tertiary/aromatic N) is 1. The molecule has 0 aromatic rings. The Bertz CT molecular complexity index is 155. The molecule has 1 atom stereocenters. The molecule has 13 heavy (non-hydrogen) atoms. The minimum atomic E-state index is 0.461. The van der Waals surface area contributed by atoms with Gasteiger partial charge in [0.2, 0.25) is 0 Å².